The Morgan fingerprint density at radius 1 is 1.21 bits per heavy atom. The molecule has 0 unspecified atom stereocenters. The summed E-state index contributed by atoms with van der Waals surface area (Å²) in [4.78, 5) is 33.7. The largest absolute Gasteiger partial charge is 0.454 e. The van der Waals surface area contributed by atoms with E-state index >= 15 is 0 Å². The zero-order valence-corrected chi connectivity index (χ0v) is 15.8. The molecule has 0 radical (unpaired) electrons. The first kappa shape index (κ1) is 23.2. The smallest absolute Gasteiger partial charge is 0.416 e. The molecule has 1 aromatic rings. The third kappa shape index (κ3) is 6.71. The standard InChI is InChI=1S/C17H22F3N3O5/c1-9(2)10(3)22-15(24)8-28-16(25)11(4)21-13-6-5-12(17(18,19)20)7-14(13)23(26)27/h5-7,9-11,21H,8H2,1-4H3,(H,22,24)/t10-,11+/m1/s1. The van der Waals surface area contributed by atoms with Gasteiger partial charge in [-0.1, -0.05) is 13.8 Å². The highest BCUT2D eigenvalue weighted by molar-refractivity contribution is 5.84. The number of esters is 1. The van der Waals surface area contributed by atoms with E-state index in [0.717, 1.165) is 6.07 Å². The fraction of sp³-hybridized carbons (Fsp3) is 0.529. The molecule has 0 aliphatic carbocycles. The van der Waals surface area contributed by atoms with Gasteiger partial charge in [0.05, 0.1) is 10.5 Å². The molecule has 1 aromatic carbocycles. The Balaban J connectivity index is 2.76. The number of hydrogen-bond acceptors (Lipinski definition) is 6. The lowest BCUT2D eigenvalue weighted by Crippen LogP contribution is -2.40. The van der Waals surface area contributed by atoms with Crippen molar-refractivity contribution in [2.45, 2.75) is 46.0 Å². The van der Waals surface area contributed by atoms with Gasteiger partial charge in [0.25, 0.3) is 11.6 Å². The Bertz CT molecular complexity index is 737. The Morgan fingerprint density at radius 3 is 2.32 bits per heavy atom. The van der Waals surface area contributed by atoms with Crippen molar-refractivity contribution in [2.75, 3.05) is 11.9 Å². The van der Waals surface area contributed by atoms with Crippen molar-refractivity contribution in [3.8, 4) is 0 Å². The highest BCUT2D eigenvalue weighted by Gasteiger charge is 2.33. The van der Waals surface area contributed by atoms with E-state index in [9.17, 15) is 32.9 Å². The Labute approximate surface area is 159 Å². The molecule has 1 rings (SSSR count). The van der Waals surface area contributed by atoms with E-state index in [1.54, 1.807) is 6.92 Å². The van der Waals surface area contributed by atoms with Crippen LogP contribution in [0.5, 0.6) is 0 Å². The van der Waals surface area contributed by atoms with Crippen LogP contribution < -0.4 is 10.6 Å². The van der Waals surface area contributed by atoms with Gasteiger partial charge in [-0.2, -0.15) is 13.2 Å². The van der Waals surface area contributed by atoms with Crippen LogP contribution in [0.3, 0.4) is 0 Å². The number of nitro benzene ring substituents is 1. The fourth-order valence-corrected chi connectivity index (χ4v) is 2.00. The van der Waals surface area contributed by atoms with Gasteiger partial charge in [-0.15, -0.1) is 0 Å². The number of nitro groups is 1. The zero-order chi connectivity index (χ0) is 21.6. The molecular weight excluding hydrogens is 383 g/mol. The average Bonchev–Trinajstić information content (AvgIpc) is 2.58. The number of alkyl halides is 3. The summed E-state index contributed by atoms with van der Waals surface area (Å²) in [5, 5.41) is 16.1. The van der Waals surface area contributed by atoms with Crippen LogP contribution in [-0.4, -0.2) is 35.5 Å². The van der Waals surface area contributed by atoms with Crippen LogP contribution >= 0.6 is 0 Å². The quantitative estimate of drug-likeness (QED) is 0.391. The van der Waals surface area contributed by atoms with Crippen LogP contribution in [0.4, 0.5) is 24.5 Å². The van der Waals surface area contributed by atoms with Crippen molar-refractivity contribution in [3.05, 3.63) is 33.9 Å². The van der Waals surface area contributed by atoms with E-state index in [1.165, 1.54) is 6.92 Å². The lowest BCUT2D eigenvalue weighted by molar-refractivity contribution is -0.384. The van der Waals surface area contributed by atoms with Crippen molar-refractivity contribution in [3.63, 3.8) is 0 Å². The molecule has 0 aliphatic heterocycles. The maximum atomic E-state index is 12.7. The van der Waals surface area contributed by atoms with Gasteiger partial charge in [-0.05, 0) is 31.9 Å². The third-order valence-corrected chi connectivity index (χ3v) is 3.98. The minimum atomic E-state index is -4.74. The Kier molecular flexibility index (Phi) is 7.77. The molecule has 156 valence electrons. The Morgan fingerprint density at radius 2 is 1.82 bits per heavy atom. The number of ether oxygens (including phenoxy) is 1. The molecule has 8 nitrogen and oxygen atoms in total. The molecule has 0 spiro atoms. The van der Waals surface area contributed by atoms with Crippen LogP contribution in [0.15, 0.2) is 18.2 Å². The summed E-state index contributed by atoms with van der Waals surface area (Å²) in [5.41, 5.74) is -2.30. The molecule has 0 fully saturated rings. The predicted octanol–water partition coefficient (Wildman–Crippen LogP) is 3.12. The van der Waals surface area contributed by atoms with Gasteiger partial charge in [0, 0.05) is 12.1 Å². The third-order valence-electron chi connectivity index (χ3n) is 3.98. The van der Waals surface area contributed by atoms with E-state index in [0.29, 0.717) is 12.1 Å². The van der Waals surface area contributed by atoms with Crippen LogP contribution in [0.1, 0.15) is 33.3 Å². The molecule has 0 aromatic heterocycles. The predicted molar refractivity (Wildman–Crippen MR) is 94.6 cm³/mol. The van der Waals surface area contributed by atoms with Crippen molar-refractivity contribution >= 4 is 23.3 Å². The topological polar surface area (TPSA) is 111 Å². The van der Waals surface area contributed by atoms with Gasteiger partial charge in [0.2, 0.25) is 0 Å². The number of halogens is 3. The number of rotatable bonds is 8. The monoisotopic (exact) mass is 405 g/mol. The Hall–Kier alpha value is -2.85. The molecule has 28 heavy (non-hydrogen) atoms. The molecule has 0 bridgehead atoms. The number of carbonyl (C=O) groups is 2. The zero-order valence-electron chi connectivity index (χ0n) is 15.8. The number of anilines is 1. The number of hydrogen-bond donors (Lipinski definition) is 2. The van der Waals surface area contributed by atoms with Gasteiger partial charge in [-0.3, -0.25) is 14.9 Å². The summed E-state index contributed by atoms with van der Waals surface area (Å²) in [6, 6.07) is 0.638. The summed E-state index contributed by atoms with van der Waals surface area (Å²) in [7, 11) is 0. The lowest BCUT2D eigenvalue weighted by Gasteiger charge is -2.18. The minimum absolute atomic E-state index is 0.128. The number of nitrogens with zero attached hydrogens (tertiary/aromatic N) is 1. The van der Waals surface area contributed by atoms with Gasteiger partial charge < -0.3 is 15.4 Å². The van der Waals surface area contributed by atoms with E-state index in [-0.39, 0.29) is 17.6 Å². The second-order valence-corrected chi connectivity index (χ2v) is 6.56. The first-order chi connectivity index (χ1) is 12.8. The second kappa shape index (κ2) is 9.38. The van der Waals surface area contributed by atoms with Gasteiger partial charge in [0.1, 0.15) is 11.7 Å². The normalized spacial score (nSPS) is 13.6. The van der Waals surface area contributed by atoms with E-state index in [4.69, 9.17) is 4.74 Å². The average molecular weight is 405 g/mol. The minimum Gasteiger partial charge on any atom is -0.454 e. The first-order valence-corrected chi connectivity index (χ1v) is 8.41. The molecule has 2 N–H and O–H groups in total. The van der Waals surface area contributed by atoms with Gasteiger partial charge >= 0.3 is 12.1 Å². The van der Waals surface area contributed by atoms with Crippen molar-refractivity contribution in [1.82, 2.24) is 5.32 Å². The summed E-state index contributed by atoms with van der Waals surface area (Å²) in [6.07, 6.45) is -4.74. The van der Waals surface area contributed by atoms with Crippen LogP contribution in [-0.2, 0) is 20.5 Å². The molecule has 0 saturated carbocycles. The molecule has 11 heteroatoms. The van der Waals surface area contributed by atoms with Crippen molar-refractivity contribution in [1.29, 1.82) is 0 Å². The molecule has 0 heterocycles. The number of benzene rings is 1. The lowest BCUT2D eigenvalue weighted by atomic mass is 10.1. The summed E-state index contributed by atoms with van der Waals surface area (Å²) in [5.74, 6) is -1.22. The SMILES string of the molecule is CC(C)[C@@H](C)NC(=O)COC(=O)[C@H](C)Nc1ccc(C(F)(F)F)cc1[N+](=O)[O-]. The molecular formula is C17H22F3N3O5. The molecule has 1 amide bonds. The summed E-state index contributed by atoms with van der Waals surface area (Å²) < 4.78 is 43.0. The van der Waals surface area contributed by atoms with E-state index in [1.807, 2.05) is 13.8 Å². The van der Waals surface area contributed by atoms with E-state index < -0.39 is 46.9 Å². The van der Waals surface area contributed by atoms with E-state index in [2.05, 4.69) is 10.6 Å². The summed E-state index contributed by atoms with van der Waals surface area (Å²) in [6.45, 7) is 6.35. The second-order valence-electron chi connectivity index (χ2n) is 6.56. The summed E-state index contributed by atoms with van der Waals surface area (Å²) >= 11 is 0. The molecule has 0 aliphatic rings. The van der Waals surface area contributed by atoms with Crippen LogP contribution in [0, 0.1) is 16.0 Å². The number of carbonyl (C=O) groups excluding carboxylic acids is 2. The van der Waals surface area contributed by atoms with Gasteiger partial charge in [-0.25, -0.2) is 4.79 Å². The van der Waals surface area contributed by atoms with Crippen molar-refractivity contribution in [2.24, 2.45) is 5.92 Å². The highest BCUT2D eigenvalue weighted by atomic mass is 19.4. The molecule has 2 atom stereocenters. The first-order valence-electron chi connectivity index (χ1n) is 8.41. The van der Waals surface area contributed by atoms with Crippen molar-refractivity contribution < 1.29 is 32.4 Å². The maximum absolute atomic E-state index is 12.7. The van der Waals surface area contributed by atoms with Crippen LogP contribution in [0.2, 0.25) is 0 Å². The van der Waals surface area contributed by atoms with Gasteiger partial charge in [0.15, 0.2) is 6.61 Å². The maximum Gasteiger partial charge on any atom is 0.416 e. The van der Waals surface area contributed by atoms with Crippen LogP contribution in [0.25, 0.3) is 0 Å². The number of amides is 1. The molecule has 0 saturated heterocycles. The highest BCUT2D eigenvalue weighted by Crippen LogP contribution is 2.35. The number of nitrogens with one attached hydrogen (secondary N) is 2. The fourth-order valence-electron chi connectivity index (χ4n) is 2.00.